The van der Waals surface area contributed by atoms with E-state index in [1.54, 1.807) is 0 Å². The average Bonchev–Trinajstić information content (AvgIpc) is 2.99. The summed E-state index contributed by atoms with van der Waals surface area (Å²) in [4.78, 5) is 16.0. The molecule has 1 unspecified atom stereocenters. The Hall–Kier alpha value is -2.17. The van der Waals surface area contributed by atoms with E-state index in [4.69, 9.17) is 4.74 Å². The highest BCUT2D eigenvalue weighted by atomic mass is 16.5. The second-order valence-corrected chi connectivity index (χ2v) is 5.71. The van der Waals surface area contributed by atoms with Crippen molar-refractivity contribution in [2.45, 2.75) is 31.7 Å². The van der Waals surface area contributed by atoms with Gasteiger partial charge in [0.15, 0.2) is 0 Å². The molecule has 0 radical (unpaired) electrons. The first-order valence-corrected chi connectivity index (χ1v) is 6.63. The summed E-state index contributed by atoms with van der Waals surface area (Å²) in [5, 5.41) is 4.35. The zero-order valence-corrected chi connectivity index (χ0v) is 11.8. The zero-order chi connectivity index (χ0) is 14.3. The molecular formula is C15H17N3O2. The molecule has 104 valence electrons. The summed E-state index contributed by atoms with van der Waals surface area (Å²) in [6.07, 6.45) is 0.924. The van der Waals surface area contributed by atoms with Crippen LogP contribution in [0.4, 0.5) is 0 Å². The van der Waals surface area contributed by atoms with Crippen molar-refractivity contribution in [2.75, 3.05) is 7.11 Å². The summed E-state index contributed by atoms with van der Waals surface area (Å²) in [5.74, 6) is 0.484. The van der Waals surface area contributed by atoms with Crippen LogP contribution >= 0.6 is 0 Å². The van der Waals surface area contributed by atoms with Crippen molar-refractivity contribution >= 4 is 5.97 Å². The largest absolute Gasteiger partial charge is 0.463 e. The van der Waals surface area contributed by atoms with Gasteiger partial charge >= 0.3 is 5.97 Å². The third-order valence-corrected chi connectivity index (χ3v) is 3.79. The topological polar surface area (TPSA) is 57.0 Å². The van der Waals surface area contributed by atoms with Gasteiger partial charge in [0.1, 0.15) is 5.82 Å². The molecule has 0 fully saturated rings. The number of nitrogens with zero attached hydrogens (tertiary/aromatic N) is 3. The van der Waals surface area contributed by atoms with E-state index < -0.39 is 5.97 Å². The minimum absolute atomic E-state index is 0.111. The monoisotopic (exact) mass is 271 g/mol. The molecule has 1 aromatic heterocycles. The summed E-state index contributed by atoms with van der Waals surface area (Å²) in [7, 11) is 1.34. The van der Waals surface area contributed by atoms with Crippen LogP contribution in [0.5, 0.6) is 0 Å². The average molecular weight is 271 g/mol. The van der Waals surface area contributed by atoms with Gasteiger partial charge in [-0.2, -0.15) is 0 Å². The number of carbonyl (C=O) groups is 1. The molecule has 2 aromatic rings. The van der Waals surface area contributed by atoms with Gasteiger partial charge in [-0.15, -0.1) is 5.10 Å². The van der Waals surface area contributed by atoms with Crippen LogP contribution in [-0.2, 0) is 10.2 Å². The van der Waals surface area contributed by atoms with Crippen molar-refractivity contribution in [1.82, 2.24) is 14.8 Å². The third kappa shape index (κ3) is 1.90. The van der Waals surface area contributed by atoms with Crippen LogP contribution in [0.1, 0.15) is 48.3 Å². The van der Waals surface area contributed by atoms with E-state index in [9.17, 15) is 4.79 Å². The lowest BCUT2D eigenvalue weighted by molar-refractivity contribution is 0.0586. The second kappa shape index (κ2) is 4.44. The number of benzene rings is 1. The summed E-state index contributed by atoms with van der Waals surface area (Å²) in [6, 6.07) is 10.3. The number of hydrogen-bond donors (Lipinski definition) is 0. The van der Waals surface area contributed by atoms with Crippen LogP contribution in [0.2, 0.25) is 0 Å². The second-order valence-electron chi connectivity index (χ2n) is 5.71. The molecule has 3 rings (SSSR count). The van der Waals surface area contributed by atoms with Crippen molar-refractivity contribution in [3.8, 4) is 0 Å². The minimum Gasteiger partial charge on any atom is -0.463 e. The summed E-state index contributed by atoms with van der Waals surface area (Å²) in [5.41, 5.74) is 1.07. The van der Waals surface area contributed by atoms with Crippen molar-refractivity contribution in [1.29, 1.82) is 0 Å². The normalized spacial score (nSPS) is 19.6. The van der Waals surface area contributed by atoms with E-state index in [2.05, 4.69) is 36.1 Å². The fraction of sp³-hybridized carbons (Fsp3) is 0.400. The van der Waals surface area contributed by atoms with Crippen LogP contribution in [0.15, 0.2) is 30.3 Å². The maximum absolute atomic E-state index is 11.6. The number of carbonyl (C=O) groups excluding carboxylic acids is 1. The quantitative estimate of drug-likeness (QED) is 0.787. The molecule has 2 heterocycles. The fourth-order valence-electron chi connectivity index (χ4n) is 2.78. The SMILES string of the molecule is COC(=O)c1nc2n(n1)C(c1ccccc1)CC2(C)C. The van der Waals surface area contributed by atoms with Crippen molar-refractivity contribution < 1.29 is 9.53 Å². The highest BCUT2D eigenvalue weighted by Gasteiger charge is 2.41. The van der Waals surface area contributed by atoms with Gasteiger partial charge < -0.3 is 4.74 Å². The Morgan fingerprint density at radius 1 is 1.35 bits per heavy atom. The first-order valence-electron chi connectivity index (χ1n) is 6.63. The molecule has 0 saturated heterocycles. The Balaban J connectivity index is 2.08. The molecule has 0 aliphatic carbocycles. The molecule has 1 aromatic carbocycles. The molecule has 0 amide bonds. The van der Waals surface area contributed by atoms with Gasteiger partial charge in [-0.3, -0.25) is 0 Å². The lowest BCUT2D eigenvalue weighted by Crippen LogP contribution is -2.15. The van der Waals surface area contributed by atoms with Crippen molar-refractivity contribution in [3.05, 3.63) is 47.5 Å². The molecule has 1 aliphatic rings. The smallest absolute Gasteiger partial charge is 0.377 e. The van der Waals surface area contributed by atoms with Crippen LogP contribution < -0.4 is 0 Å². The van der Waals surface area contributed by atoms with Gasteiger partial charge in [-0.05, 0) is 12.0 Å². The van der Waals surface area contributed by atoms with E-state index in [1.165, 1.54) is 12.7 Å². The van der Waals surface area contributed by atoms with E-state index >= 15 is 0 Å². The number of esters is 1. The first-order chi connectivity index (χ1) is 9.53. The predicted molar refractivity (Wildman–Crippen MR) is 73.6 cm³/mol. The Labute approximate surface area is 117 Å². The van der Waals surface area contributed by atoms with Crippen LogP contribution in [-0.4, -0.2) is 27.8 Å². The Kier molecular flexibility index (Phi) is 2.85. The number of methoxy groups -OCH3 is 1. The predicted octanol–water partition coefficient (Wildman–Crippen LogP) is 2.34. The van der Waals surface area contributed by atoms with Gasteiger partial charge in [0.05, 0.1) is 13.2 Å². The minimum atomic E-state index is -0.491. The first kappa shape index (κ1) is 12.8. The molecule has 5 heteroatoms. The van der Waals surface area contributed by atoms with Crippen molar-refractivity contribution in [2.24, 2.45) is 0 Å². The highest BCUT2D eigenvalue weighted by molar-refractivity contribution is 5.84. The van der Waals surface area contributed by atoms with E-state index in [0.717, 1.165) is 12.2 Å². The number of fused-ring (bicyclic) bond motifs is 1. The molecule has 1 atom stereocenters. The van der Waals surface area contributed by atoms with Gasteiger partial charge in [0, 0.05) is 5.41 Å². The van der Waals surface area contributed by atoms with Crippen LogP contribution in [0, 0.1) is 0 Å². The Morgan fingerprint density at radius 2 is 2.05 bits per heavy atom. The lowest BCUT2D eigenvalue weighted by atomic mass is 9.87. The number of hydrogen-bond acceptors (Lipinski definition) is 4. The molecular weight excluding hydrogens is 254 g/mol. The van der Waals surface area contributed by atoms with Crippen LogP contribution in [0.3, 0.4) is 0 Å². The van der Waals surface area contributed by atoms with Crippen LogP contribution in [0.25, 0.3) is 0 Å². The maximum atomic E-state index is 11.6. The molecule has 5 nitrogen and oxygen atoms in total. The van der Waals surface area contributed by atoms with E-state index in [-0.39, 0.29) is 17.3 Å². The lowest BCUT2D eigenvalue weighted by Gasteiger charge is -2.16. The van der Waals surface area contributed by atoms with Gasteiger partial charge in [-0.25, -0.2) is 14.5 Å². The summed E-state index contributed by atoms with van der Waals surface area (Å²) in [6.45, 7) is 4.25. The van der Waals surface area contributed by atoms with Gasteiger partial charge in [-0.1, -0.05) is 44.2 Å². The fourth-order valence-corrected chi connectivity index (χ4v) is 2.78. The number of ether oxygens (including phenoxy) is 1. The summed E-state index contributed by atoms with van der Waals surface area (Å²) >= 11 is 0. The van der Waals surface area contributed by atoms with E-state index in [0.29, 0.717) is 0 Å². The van der Waals surface area contributed by atoms with E-state index in [1.807, 2.05) is 22.9 Å². The number of aromatic nitrogens is 3. The van der Waals surface area contributed by atoms with Crippen molar-refractivity contribution in [3.63, 3.8) is 0 Å². The zero-order valence-electron chi connectivity index (χ0n) is 11.8. The molecule has 0 spiro atoms. The molecule has 20 heavy (non-hydrogen) atoms. The van der Waals surface area contributed by atoms with Gasteiger partial charge in [0.25, 0.3) is 5.82 Å². The Morgan fingerprint density at radius 3 is 2.70 bits per heavy atom. The maximum Gasteiger partial charge on any atom is 0.377 e. The molecule has 1 aliphatic heterocycles. The standard InChI is InChI=1S/C15H17N3O2/c1-15(2)9-11(10-7-5-4-6-8-10)18-14(15)16-12(17-18)13(19)20-3/h4-8,11H,9H2,1-3H3. The highest BCUT2D eigenvalue weighted by Crippen LogP contribution is 2.42. The third-order valence-electron chi connectivity index (χ3n) is 3.79. The number of rotatable bonds is 2. The summed E-state index contributed by atoms with van der Waals surface area (Å²) < 4.78 is 6.57. The molecule has 0 N–H and O–H groups in total. The van der Waals surface area contributed by atoms with Gasteiger partial charge in [0.2, 0.25) is 0 Å². The molecule has 0 saturated carbocycles. The molecule has 0 bridgehead atoms. The Bertz CT molecular complexity index is 646.